The van der Waals surface area contributed by atoms with E-state index in [1.807, 2.05) is 0 Å². The lowest BCUT2D eigenvalue weighted by Crippen LogP contribution is -1.94. The van der Waals surface area contributed by atoms with Crippen molar-refractivity contribution >= 4 is 27.4 Å². The number of fused-ring (bicyclic) bond motifs is 1. The molecule has 1 heterocycles. The van der Waals surface area contributed by atoms with Gasteiger partial charge in [-0.15, -0.1) is 11.3 Å². The number of alkyl halides is 1. The summed E-state index contributed by atoms with van der Waals surface area (Å²) in [7, 11) is 0. The van der Waals surface area contributed by atoms with Crippen LogP contribution in [0.25, 0.3) is 10.1 Å². The second-order valence-electron chi connectivity index (χ2n) is 2.90. The van der Waals surface area contributed by atoms with Gasteiger partial charge in [0.25, 0.3) is 0 Å². The number of thiophene rings is 1. The summed E-state index contributed by atoms with van der Waals surface area (Å²) in [6.07, 6.45) is 0. The topological polar surface area (TPSA) is 37.3 Å². The highest BCUT2D eigenvalue weighted by Crippen LogP contribution is 2.27. The monoisotopic (exact) mass is 210 g/mol. The van der Waals surface area contributed by atoms with Crippen LogP contribution in [0.1, 0.15) is 15.2 Å². The summed E-state index contributed by atoms with van der Waals surface area (Å²) in [5, 5.41) is 9.63. The van der Waals surface area contributed by atoms with E-state index in [1.54, 1.807) is 18.2 Å². The minimum absolute atomic E-state index is 0.241. The van der Waals surface area contributed by atoms with Crippen molar-refractivity contribution in [3.63, 3.8) is 0 Å². The van der Waals surface area contributed by atoms with Crippen LogP contribution < -0.4 is 0 Å². The summed E-state index contributed by atoms with van der Waals surface area (Å²) in [6.45, 7) is -0.498. The highest BCUT2D eigenvalue weighted by molar-refractivity contribution is 7.19. The Kier molecular flexibility index (Phi) is 2.21. The van der Waals surface area contributed by atoms with Crippen molar-refractivity contribution in [1.82, 2.24) is 0 Å². The summed E-state index contributed by atoms with van der Waals surface area (Å²) in [6, 6.07) is 6.54. The third-order valence-electron chi connectivity index (χ3n) is 1.95. The first kappa shape index (κ1) is 9.15. The number of hydrogen-bond donors (Lipinski definition) is 1. The first-order valence-electron chi connectivity index (χ1n) is 4.02. The molecule has 0 fully saturated rings. The molecule has 1 N–H and O–H groups in total. The molecule has 0 aliphatic carbocycles. The minimum Gasteiger partial charge on any atom is -0.478 e. The Morgan fingerprint density at radius 1 is 1.43 bits per heavy atom. The van der Waals surface area contributed by atoms with E-state index in [0.717, 1.165) is 10.1 Å². The van der Waals surface area contributed by atoms with Gasteiger partial charge in [-0.25, -0.2) is 9.18 Å². The molecule has 0 spiro atoms. The van der Waals surface area contributed by atoms with Crippen LogP contribution in [0.3, 0.4) is 0 Å². The van der Waals surface area contributed by atoms with E-state index >= 15 is 0 Å². The van der Waals surface area contributed by atoms with E-state index in [0.29, 0.717) is 4.88 Å². The van der Waals surface area contributed by atoms with Crippen LogP contribution in [0.2, 0.25) is 0 Å². The molecule has 0 bridgehead atoms. The maximum absolute atomic E-state index is 12.3. The summed E-state index contributed by atoms with van der Waals surface area (Å²) in [4.78, 5) is 11.3. The molecule has 2 aromatic rings. The minimum atomic E-state index is -0.956. The van der Waals surface area contributed by atoms with Gasteiger partial charge in [-0.3, -0.25) is 0 Å². The van der Waals surface area contributed by atoms with E-state index in [1.165, 1.54) is 17.4 Å². The van der Waals surface area contributed by atoms with Crippen LogP contribution in [0.4, 0.5) is 4.39 Å². The molecule has 2 nitrogen and oxygen atoms in total. The zero-order chi connectivity index (χ0) is 10.1. The molecule has 1 aromatic heterocycles. The van der Waals surface area contributed by atoms with Gasteiger partial charge in [0.1, 0.15) is 6.67 Å². The molecule has 4 heteroatoms. The molecule has 0 amide bonds. The van der Waals surface area contributed by atoms with Gasteiger partial charge >= 0.3 is 5.97 Å². The number of aromatic carboxylic acids is 1. The predicted molar refractivity (Wildman–Crippen MR) is 53.6 cm³/mol. The molecule has 0 unspecified atom stereocenters. The molecule has 0 saturated carbocycles. The second-order valence-corrected chi connectivity index (χ2v) is 4.07. The first-order chi connectivity index (χ1) is 6.70. The zero-order valence-corrected chi connectivity index (χ0v) is 7.97. The fourth-order valence-electron chi connectivity index (χ4n) is 1.29. The molecule has 0 aliphatic heterocycles. The van der Waals surface area contributed by atoms with Gasteiger partial charge in [-0.05, 0) is 23.6 Å². The fraction of sp³-hybridized carbons (Fsp3) is 0.100. The van der Waals surface area contributed by atoms with Crippen LogP contribution in [0.5, 0.6) is 0 Å². The average Bonchev–Trinajstić information content (AvgIpc) is 2.58. The number of benzene rings is 1. The molecule has 2 rings (SSSR count). The Morgan fingerprint density at radius 2 is 2.21 bits per heavy atom. The van der Waals surface area contributed by atoms with Gasteiger partial charge in [0.15, 0.2) is 0 Å². The largest absolute Gasteiger partial charge is 0.478 e. The molecule has 72 valence electrons. The van der Waals surface area contributed by atoms with Gasteiger partial charge < -0.3 is 5.11 Å². The molecule has 0 aliphatic rings. The molecule has 14 heavy (non-hydrogen) atoms. The van der Waals surface area contributed by atoms with Gasteiger partial charge in [0.05, 0.1) is 5.56 Å². The van der Waals surface area contributed by atoms with Crippen molar-refractivity contribution in [2.75, 3.05) is 0 Å². The molecule has 1 aromatic carbocycles. The van der Waals surface area contributed by atoms with Crippen LogP contribution in [-0.4, -0.2) is 11.1 Å². The van der Waals surface area contributed by atoms with E-state index in [-0.39, 0.29) is 5.56 Å². The fourth-order valence-corrected chi connectivity index (χ4v) is 2.24. The normalized spacial score (nSPS) is 10.6. The maximum Gasteiger partial charge on any atom is 0.335 e. The number of carboxylic acid groups (broad SMARTS) is 1. The van der Waals surface area contributed by atoms with Gasteiger partial charge in [0, 0.05) is 9.58 Å². The molecule has 0 saturated heterocycles. The number of halogens is 1. The van der Waals surface area contributed by atoms with Gasteiger partial charge in [-0.2, -0.15) is 0 Å². The maximum atomic E-state index is 12.3. The Labute approximate surface area is 83.6 Å². The zero-order valence-electron chi connectivity index (χ0n) is 7.16. The van der Waals surface area contributed by atoms with Crippen LogP contribution in [-0.2, 0) is 6.67 Å². The average molecular weight is 210 g/mol. The summed E-state index contributed by atoms with van der Waals surface area (Å²) in [5.41, 5.74) is 0.241. The van der Waals surface area contributed by atoms with E-state index in [2.05, 4.69) is 0 Å². The van der Waals surface area contributed by atoms with E-state index < -0.39 is 12.6 Å². The highest BCUT2D eigenvalue weighted by Gasteiger charge is 2.06. The summed E-state index contributed by atoms with van der Waals surface area (Å²) in [5.74, 6) is -0.956. The van der Waals surface area contributed by atoms with Crippen molar-refractivity contribution < 1.29 is 14.3 Å². The smallest absolute Gasteiger partial charge is 0.335 e. The second kappa shape index (κ2) is 3.38. The first-order valence-corrected chi connectivity index (χ1v) is 4.84. The van der Waals surface area contributed by atoms with Gasteiger partial charge in [0.2, 0.25) is 0 Å². The van der Waals surface area contributed by atoms with Crippen molar-refractivity contribution in [2.45, 2.75) is 6.67 Å². The number of rotatable bonds is 2. The third kappa shape index (κ3) is 1.48. The van der Waals surface area contributed by atoms with Gasteiger partial charge in [-0.1, -0.05) is 6.07 Å². The van der Waals surface area contributed by atoms with Crippen molar-refractivity contribution in [3.05, 3.63) is 34.7 Å². The van der Waals surface area contributed by atoms with E-state index in [9.17, 15) is 9.18 Å². The molecular weight excluding hydrogens is 203 g/mol. The lowest BCUT2D eigenvalue weighted by atomic mass is 10.2. The standard InChI is InChI=1S/C10H7FO2S/c11-5-8-3-6-1-2-7(10(12)13)4-9(6)14-8/h1-4H,5H2,(H,12,13). The van der Waals surface area contributed by atoms with Crippen molar-refractivity contribution in [2.24, 2.45) is 0 Å². The number of carboxylic acids is 1. The van der Waals surface area contributed by atoms with E-state index in [4.69, 9.17) is 5.11 Å². The summed E-state index contributed by atoms with van der Waals surface area (Å²) >= 11 is 1.29. The molecular formula is C10H7FO2S. The SMILES string of the molecule is O=C(O)c1ccc2cc(CF)sc2c1. The third-order valence-corrected chi connectivity index (χ3v) is 3.01. The predicted octanol–water partition coefficient (Wildman–Crippen LogP) is 3.07. The van der Waals surface area contributed by atoms with Crippen molar-refractivity contribution in [3.8, 4) is 0 Å². The number of carbonyl (C=O) groups is 1. The Bertz CT molecular complexity index is 490. The number of hydrogen-bond acceptors (Lipinski definition) is 2. The van der Waals surface area contributed by atoms with Crippen LogP contribution in [0, 0.1) is 0 Å². The lowest BCUT2D eigenvalue weighted by molar-refractivity contribution is 0.0697. The lowest BCUT2D eigenvalue weighted by Gasteiger charge is -1.92. The highest BCUT2D eigenvalue weighted by atomic mass is 32.1. The quantitative estimate of drug-likeness (QED) is 0.827. The van der Waals surface area contributed by atoms with Crippen LogP contribution in [0.15, 0.2) is 24.3 Å². The molecule has 0 radical (unpaired) electrons. The Morgan fingerprint density at radius 3 is 2.86 bits per heavy atom. The molecule has 0 atom stereocenters. The van der Waals surface area contributed by atoms with Crippen molar-refractivity contribution in [1.29, 1.82) is 0 Å². The van der Waals surface area contributed by atoms with Crippen LogP contribution >= 0.6 is 11.3 Å². The Hall–Kier alpha value is -1.42. The summed E-state index contributed by atoms with van der Waals surface area (Å²) < 4.78 is 13.1. The Balaban J connectivity index is 2.59.